The summed E-state index contributed by atoms with van der Waals surface area (Å²) in [5, 5.41) is 0. The highest BCUT2D eigenvalue weighted by Crippen LogP contribution is 2.23. The predicted molar refractivity (Wildman–Crippen MR) is 77.2 cm³/mol. The van der Waals surface area contributed by atoms with Gasteiger partial charge in [0.25, 0.3) is 0 Å². The van der Waals surface area contributed by atoms with Crippen molar-refractivity contribution in [1.29, 1.82) is 0 Å². The summed E-state index contributed by atoms with van der Waals surface area (Å²) in [5.41, 5.74) is 1.67. The third kappa shape index (κ3) is 2.59. The minimum atomic E-state index is -0.533. The lowest BCUT2D eigenvalue weighted by Crippen LogP contribution is -2.46. The summed E-state index contributed by atoms with van der Waals surface area (Å²) in [5.74, 6) is -1.02. The van der Waals surface area contributed by atoms with Gasteiger partial charge < -0.3 is 9.80 Å². The first-order chi connectivity index (χ1) is 9.74. The van der Waals surface area contributed by atoms with Gasteiger partial charge in [-0.05, 0) is 24.3 Å². The maximum atomic E-state index is 13.8. The van der Waals surface area contributed by atoms with E-state index in [0.717, 1.165) is 32.2 Å². The van der Waals surface area contributed by atoms with E-state index in [-0.39, 0.29) is 0 Å². The molecule has 1 heterocycles. The molecule has 1 aliphatic rings. The van der Waals surface area contributed by atoms with Crippen LogP contribution in [0.15, 0.2) is 48.5 Å². The number of anilines is 2. The van der Waals surface area contributed by atoms with Crippen molar-refractivity contribution in [1.82, 2.24) is 0 Å². The minimum Gasteiger partial charge on any atom is -0.368 e. The van der Waals surface area contributed by atoms with Crippen molar-refractivity contribution in [3.8, 4) is 0 Å². The number of halogens is 2. The molecule has 0 aromatic heterocycles. The van der Waals surface area contributed by atoms with Crippen molar-refractivity contribution in [3.63, 3.8) is 0 Å². The van der Waals surface area contributed by atoms with Crippen LogP contribution in [-0.4, -0.2) is 26.2 Å². The molecule has 0 spiro atoms. The molecule has 0 atom stereocenters. The van der Waals surface area contributed by atoms with Crippen LogP contribution in [0.5, 0.6) is 0 Å². The lowest BCUT2D eigenvalue weighted by atomic mass is 10.2. The van der Waals surface area contributed by atoms with Gasteiger partial charge in [0.05, 0.1) is 5.69 Å². The van der Waals surface area contributed by atoms with Crippen LogP contribution in [0, 0.1) is 11.6 Å². The molecular formula is C16H16F2N2. The Hall–Kier alpha value is -2.10. The van der Waals surface area contributed by atoms with Gasteiger partial charge in [0.1, 0.15) is 11.6 Å². The molecule has 0 N–H and O–H groups in total. The SMILES string of the molecule is Fc1ccc(N2CCN(c3ccccc3)CC2)c(F)c1. The predicted octanol–water partition coefficient (Wildman–Crippen LogP) is 3.29. The van der Waals surface area contributed by atoms with Crippen molar-refractivity contribution in [2.75, 3.05) is 36.0 Å². The second-order valence-corrected chi connectivity index (χ2v) is 4.91. The van der Waals surface area contributed by atoms with Crippen LogP contribution in [0.2, 0.25) is 0 Å². The Balaban J connectivity index is 1.69. The van der Waals surface area contributed by atoms with E-state index in [1.165, 1.54) is 17.8 Å². The van der Waals surface area contributed by atoms with Gasteiger partial charge in [-0.3, -0.25) is 0 Å². The summed E-state index contributed by atoms with van der Waals surface area (Å²) >= 11 is 0. The Labute approximate surface area is 117 Å². The second-order valence-electron chi connectivity index (χ2n) is 4.91. The minimum absolute atomic E-state index is 0.485. The normalized spacial score (nSPS) is 15.5. The molecule has 104 valence electrons. The topological polar surface area (TPSA) is 6.48 Å². The highest BCUT2D eigenvalue weighted by molar-refractivity contribution is 5.52. The fourth-order valence-corrected chi connectivity index (χ4v) is 2.58. The number of piperazine rings is 1. The Morgan fingerprint density at radius 1 is 0.750 bits per heavy atom. The van der Waals surface area contributed by atoms with Crippen LogP contribution >= 0.6 is 0 Å². The summed E-state index contributed by atoms with van der Waals surface area (Å²) in [7, 11) is 0. The first kappa shape index (κ1) is 12.9. The van der Waals surface area contributed by atoms with Gasteiger partial charge in [-0.1, -0.05) is 18.2 Å². The third-order valence-corrected chi connectivity index (χ3v) is 3.65. The molecule has 0 saturated carbocycles. The zero-order valence-corrected chi connectivity index (χ0v) is 11.1. The van der Waals surface area contributed by atoms with Crippen LogP contribution in [0.3, 0.4) is 0 Å². The van der Waals surface area contributed by atoms with Gasteiger partial charge in [-0.2, -0.15) is 0 Å². The van der Waals surface area contributed by atoms with Gasteiger partial charge in [-0.15, -0.1) is 0 Å². The van der Waals surface area contributed by atoms with Crippen LogP contribution in [0.1, 0.15) is 0 Å². The lowest BCUT2D eigenvalue weighted by Gasteiger charge is -2.37. The number of benzene rings is 2. The Morgan fingerprint density at radius 2 is 1.40 bits per heavy atom. The molecule has 4 heteroatoms. The fourth-order valence-electron chi connectivity index (χ4n) is 2.58. The van der Waals surface area contributed by atoms with E-state index in [2.05, 4.69) is 17.0 Å². The molecule has 2 aromatic carbocycles. The maximum Gasteiger partial charge on any atom is 0.149 e. The van der Waals surface area contributed by atoms with Crippen LogP contribution < -0.4 is 9.80 Å². The third-order valence-electron chi connectivity index (χ3n) is 3.65. The van der Waals surface area contributed by atoms with Crippen molar-refractivity contribution < 1.29 is 8.78 Å². The van der Waals surface area contributed by atoms with E-state index in [4.69, 9.17) is 0 Å². The standard InChI is InChI=1S/C16H16F2N2/c17-13-6-7-16(15(18)12-13)20-10-8-19(9-11-20)14-4-2-1-3-5-14/h1-7,12H,8-11H2. The van der Waals surface area contributed by atoms with Crippen LogP contribution in [0.25, 0.3) is 0 Å². The highest BCUT2D eigenvalue weighted by Gasteiger charge is 2.19. The average Bonchev–Trinajstić information content (AvgIpc) is 2.48. The maximum absolute atomic E-state index is 13.8. The number of hydrogen-bond acceptors (Lipinski definition) is 2. The molecule has 1 fully saturated rings. The van der Waals surface area contributed by atoms with Gasteiger partial charge >= 0.3 is 0 Å². The molecule has 1 aliphatic heterocycles. The van der Waals surface area contributed by atoms with Gasteiger partial charge in [0.15, 0.2) is 0 Å². The molecule has 2 aromatic rings. The van der Waals surface area contributed by atoms with Crippen molar-refractivity contribution in [2.24, 2.45) is 0 Å². The summed E-state index contributed by atoms with van der Waals surface area (Å²) in [4.78, 5) is 4.24. The molecule has 20 heavy (non-hydrogen) atoms. The summed E-state index contributed by atoms with van der Waals surface area (Å²) in [6.45, 7) is 3.14. The van der Waals surface area contributed by atoms with Gasteiger partial charge in [-0.25, -0.2) is 8.78 Å². The molecule has 0 aliphatic carbocycles. The fraction of sp³-hybridized carbons (Fsp3) is 0.250. The highest BCUT2D eigenvalue weighted by atomic mass is 19.1. The summed E-state index contributed by atoms with van der Waals surface area (Å²) in [6.07, 6.45) is 0. The van der Waals surface area contributed by atoms with E-state index in [9.17, 15) is 8.78 Å². The lowest BCUT2D eigenvalue weighted by molar-refractivity contribution is 0.570. The van der Waals surface area contributed by atoms with Crippen molar-refractivity contribution in [3.05, 3.63) is 60.2 Å². The van der Waals surface area contributed by atoms with Crippen LogP contribution in [-0.2, 0) is 0 Å². The quantitative estimate of drug-likeness (QED) is 0.829. The number of hydrogen-bond donors (Lipinski definition) is 0. The molecule has 2 nitrogen and oxygen atoms in total. The van der Waals surface area contributed by atoms with E-state index in [0.29, 0.717) is 5.69 Å². The second kappa shape index (κ2) is 5.49. The first-order valence-electron chi connectivity index (χ1n) is 6.74. The Bertz CT molecular complexity index is 578. The number of nitrogens with zero attached hydrogens (tertiary/aromatic N) is 2. The zero-order chi connectivity index (χ0) is 13.9. The summed E-state index contributed by atoms with van der Waals surface area (Å²) < 4.78 is 26.7. The number of rotatable bonds is 2. The largest absolute Gasteiger partial charge is 0.368 e. The smallest absolute Gasteiger partial charge is 0.149 e. The Morgan fingerprint density at radius 3 is 2.05 bits per heavy atom. The van der Waals surface area contributed by atoms with E-state index >= 15 is 0 Å². The van der Waals surface area contributed by atoms with Crippen molar-refractivity contribution in [2.45, 2.75) is 0 Å². The van der Waals surface area contributed by atoms with E-state index < -0.39 is 11.6 Å². The first-order valence-corrected chi connectivity index (χ1v) is 6.74. The number of para-hydroxylation sites is 1. The zero-order valence-electron chi connectivity index (χ0n) is 11.1. The van der Waals surface area contributed by atoms with Gasteiger partial charge in [0.2, 0.25) is 0 Å². The molecule has 1 saturated heterocycles. The molecule has 0 amide bonds. The van der Waals surface area contributed by atoms with Crippen molar-refractivity contribution >= 4 is 11.4 Å². The Kier molecular flexibility index (Phi) is 3.54. The monoisotopic (exact) mass is 274 g/mol. The molecule has 0 unspecified atom stereocenters. The summed E-state index contributed by atoms with van der Waals surface area (Å²) in [6, 6.07) is 13.9. The average molecular weight is 274 g/mol. The molecule has 0 bridgehead atoms. The molecule has 0 radical (unpaired) electrons. The van der Waals surface area contributed by atoms with Crippen LogP contribution in [0.4, 0.5) is 20.2 Å². The van der Waals surface area contributed by atoms with E-state index in [1.54, 1.807) is 0 Å². The molecule has 3 rings (SSSR count). The van der Waals surface area contributed by atoms with E-state index in [1.807, 2.05) is 23.1 Å². The van der Waals surface area contributed by atoms with Gasteiger partial charge in [0, 0.05) is 37.9 Å². The molecular weight excluding hydrogens is 258 g/mol.